The van der Waals surface area contributed by atoms with Crippen molar-refractivity contribution in [1.29, 1.82) is 0 Å². The molecule has 2 aromatic rings. The lowest BCUT2D eigenvalue weighted by atomic mass is 10.2. The van der Waals surface area contributed by atoms with Gasteiger partial charge in [0, 0.05) is 6.54 Å². The second kappa shape index (κ2) is 4.93. The smallest absolute Gasteiger partial charge is 0.274 e. The normalized spacial score (nSPS) is 19.0. The summed E-state index contributed by atoms with van der Waals surface area (Å²) < 4.78 is 0. The monoisotopic (exact) mass is 257 g/mol. The first kappa shape index (κ1) is 12.0. The van der Waals surface area contributed by atoms with E-state index >= 15 is 0 Å². The zero-order chi connectivity index (χ0) is 13.2. The van der Waals surface area contributed by atoms with Crippen LogP contribution in [0.5, 0.6) is 0 Å². The molecule has 5 heteroatoms. The lowest BCUT2D eigenvalue weighted by Crippen LogP contribution is -2.38. The molecule has 0 saturated carbocycles. The van der Waals surface area contributed by atoms with Gasteiger partial charge in [-0.25, -0.2) is 4.98 Å². The van der Waals surface area contributed by atoms with Gasteiger partial charge in [0.25, 0.3) is 5.91 Å². The van der Waals surface area contributed by atoms with Gasteiger partial charge in [-0.3, -0.25) is 9.78 Å². The van der Waals surface area contributed by atoms with Gasteiger partial charge in [-0.1, -0.05) is 12.1 Å². The summed E-state index contributed by atoms with van der Waals surface area (Å²) in [6, 6.07) is 7.38. The van der Waals surface area contributed by atoms with Crippen LogP contribution in [0.15, 0.2) is 30.5 Å². The lowest BCUT2D eigenvalue weighted by molar-refractivity contribution is 0.0671. The fraction of sp³-hybridized carbons (Fsp3) is 0.357. The second-order valence-corrected chi connectivity index (χ2v) is 4.72. The molecule has 1 aliphatic heterocycles. The summed E-state index contributed by atoms with van der Waals surface area (Å²) in [7, 11) is 0. The molecule has 1 atom stereocenters. The summed E-state index contributed by atoms with van der Waals surface area (Å²) >= 11 is 0. The van der Waals surface area contributed by atoms with Crippen LogP contribution in [0, 0.1) is 0 Å². The zero-order valence-corrected chi connectivity index (χ0v) is 10.5. The Morgan fingerprint density at radius 2 is 2.16 bits per heavy atom. The first-order chi connectivity index (χ1) is 9.29. The number of likely N-dealkylation sites (tertiary alicyclic amines) is 1. The first-order valence-electron chi connectivity index (χ1n) is 6.43. The van der Waals surface area contributed by atoms with Crippen molar-refractivity contribution in [2.45, 2.75) is 18.9 Å². The molecule has 1 aliphatic rings. The molecule has 0 bridgehead atoms. The minimum atomic E-state index is -0.144. The van der Waals surface area contributed by atoms with Crippen molar-refractivity contribution in [3.63, 3.8) is 0 Å². The molecular weight excluding hydrogens is 242 g/mol. The summed E-state index contributed by atoms with van der Waals surface area (Å²) in [6.45, 7) is 0.686. The van der Waals surface area contributed by atoms with Crippen LogP contribution in [0.1, 0.15) is 23.3 Å². The van der Waals surface area contributed by atoms with E-state index < -0.39 is 0 Å². The minimum absolute atomic E-state index is 0.00670. The van der Waals surface area contributed by atoms with Gasteiger partial charge in [0.1, 0.15) is 5.69 Å². The Morgan fingerprint density at radius 1 is 1.37 bits per heavy atom. The van der Waals surface area contributed by atoms with Crippen LogP contribution in [-0.4, -0.2) is 45.1 Å². The number of hydrogen-bond acceptors (Lipinski definition) is 4. The third kappa shape index (κ3) is 2.17. The van der Waals surface area contributed by atoms with E-state index in [0.29, 0.717) is 17.8 Å². The molecule has 98 valence electrons. The molecule has 1 amide bonds. The maximum atomic E-state index is 12.4. The Bertz CT molecular complexity index is 614. The molecule has 0 spiro atoms. The predicted molar refractivity (Wildman–Crippen MR) is 70.7 cm³/mol. The van der Waals surface area contributed by atoms with Crippen molar-refractivity contribution in [2.75, 3.05) is 13.2 Å². The van der Waals surface area contributed by atoms with Crippen molar-refractivity contribution in [1.82, 2.24) is 14.9 Å². The maximum absolute atomic E-state index is 12.4. The maximum Gasteiger partial charge on any atom is 0.274 e. The van der Waals surface area contributed by atoms with E-state index in [-0.39, 0.29) is 18.6 Å². The number of aliphatic hydroxyl groups is 1. The van der Waals surface area contributed by atoms with Gasteiger partial charge < -0.3 is 10.0 Å². The molecule has 1 fully saturated rings. The summed E-state index contributed by atoms with van der Waals surface area (Å²) in [4.78, 5) is 22.7. The van der Waals surface area contributed by atoms with Crippen LogP contribution in [0.3, 0.4) is 0 Å². The summed E-state index contributed by atoms with van der Waals surface area (Å²) in [5, 5.41) is 9.27. The van der Waals surface area contributed by atoms with Crippen LogP contribution >= 0.6 is 0 Å². The summed E-state index contributed by atoms with van der Waals surface area (Å²) in [5.41, 5.74) is 1.84. The average molecular weight is 257 g/mol. The van der Waals surface area contributed by atoms with E-state index in [1.165, 1.54) is 6.20 Å². The zero-order valence-electron chi connectivity index (χ0n) is 10.5. The van der Waals surface area contributed by atoms with E-state index in [4.69, 9.17) is 0 Å². The van der Waals surface area contributed by atoms with Crippen molar-refractivity contribution in [3.05, 3.63) is 36.2 Å². The lowest BCUT2D eigenvalue weighted by Gasteiger charge is -2.22. The van der Waals surface area contributed by atoms with Crippen molar-refractivity contribution in [2.24, 2.45) is 0 Å². The van der Waals surface area contributed by atoms with Crippen molar-refractivity contribution >= 4 is 16.9 Å². The van der Waals surface area contributed by atoms with E-state index in [0.717, 1.165) is 18.4 Å². The summed E-state index contributed by atoms with van der Waals surface area (Å²) in [6.07, 6.45) is 3.29. The number of para-hydroxylation sites is 2. The van der Waals surface area contributed by atoms with Gasteiger partial charge >= 0.3 is 0 Å². The van der Waals surface area contributed by atoms with E-state index in [2.05, 4.69) is 9.97 Å². The van der Waals surface area contributed by atoms with Crippen LogP contribution in [0.4, 0.5) is 0 Å². The highest BCUT2D eigenvalue weighted by Gasteiger charge is 2.29. The highest BCUT2D eigenvalue weighted by atomic mass is 16.3. The quantitative estimate of drug-likeness (QED) is 0.878. The molecule has 1 aromatic heterocycles. The third-order valence-corrected chi connectivity index (χ3v) is 3.52. The largest absolute Gasteiger partial charge is 0.394 e. The highest BCUT2D eigenvalue weighted by Crippen LogP contribution is 2.19. The van der Waals surface area contributed by atoms with Gasteiger partial charge in [0.2, 0.25) is 0 Å². The SMILES string of the molecule is O=C(c1cnc2ccccc2n1)N1CCC[C@@H]1CO. The van der Waals surface area contributed by atoms with Gasteiger partial charge in [-0.2, -0.15) is 0 Å². The molecule has 19 heavy (non-hydrogen) atoms. The van der Waals surface area contributed by atoms with Gasteiger partial charge in [-0.05, 0) is 25.0 Å². The number of aliphatic hydroxyl groups excluding tert-OH is 1. The van der Waals surface area contributed by atoms with Crippen LogP contribution in [-0.2, 0) is 0 Å². The Labute approximate surface area is 110 Å². The number of aromatic nitrogens is 2. The minimum Gasteiger partial charge on any atom is -0.394 e. The number of carbonyl (C=O) groups is 1. The number of nitrogens with zero attached hydrogens (tertiary/aromatic N) is 3. The molecule has 0 unspecified atom stereocenters. The van der Waals surface area contributed by atoms with Crippen LogP contribution < -0.4 is 0 Å². The Kier molecular flexibility index (Phi) is 3.13. The Hall–Kier alpha value is -2.01. The average Bonchev–Trinajstić information content (AvgIpc) is 2.94. The highest BCUT2D eigenvalue weighted by molar-refractivity contribution is 5.94. The van der Waals surface area contributed by atoms with Crippen LogP contribution in [0.25, 0.3) is 11.0 Å². The van der Waals surface area contributed by atoms with E-state index in [1.54, 1.807) is 4.90 Å². The van der Waals surface area contributed by atoms with E-state index in [9.17, 15) is 9.90 Å². The fourth-order valence-electron chi connectivity index (χ4n) is 2.50. The molecule has 0 radical (unpaired) electrons. The number of hydrogen-bond donors (Lipinski definition) is 1. The first-order valence-corrected chi connectivity index (χ1v) is 6.43. The van der Waals surface area contributed by atoms with Gasteiger partial charge in [0.15, 0.2) is 0 Å². The Balaban J connectivity index is 1.93. The molecule has 2 heterocycles. The second-order valence-electron chi connectivity index (χ2n) is 4.72. The number of carbonyl (C=O) groups excluding carboxylic acids is 1. The topological polar surface area (TPSA) is 66.3 Å². The van der Waals surface area contributed by atoms with Crippen molar-refractivity contribution in [3.8, 4) is 0 Å². The summed E-state index contributed by atoms with van der Waals surface area (Å²) in [5.74, 6) is -0.144. The predicted octanol–water partition coefficient (Wildman–Crippen LogP) is 1.23. The number of fused-ring (bicyclic) bond motifs is 1. The van der Waals surface area contributed by atoms with Crippen LogP contribution in [0.2, 0.25) is 0 Å². The number of benzene rings is 1. The molecule has 5 nitrogen and oxygen atoms in total. The van der Waals surface area contributed by atoms with Gasteiger partial charge in [0.05, 0.1) is 29.9 Å². The molecule has 3 rings (SSSR count). The van der Waals surface area contributed by atoms with Gasteiger partial charge in [-0.15, -0.1) is 0 Å². The van der Waals surface area contributed by atoms with Crippen molar-refractivity contribution < 1.29 is 9.90 Å². The van der Waals surface area contributed by atoms with E-state index in [1.807, 2.05) is 24.3 Å². The molecule has 1 N–H and O–H groups in total. The molecule has 0 aliphatic carbocycles. The fourth-order valence-corrected chi connectivity index (χ4v) is 2.50. The molecule has 1 saturated heterocycles. The third-order valence-electron chi connectivity index (χ3n) is 3.52. The number of amides is 1. The Morgan fingerprint density at radius 3 is 2.95 bits per heavy atom. The molecule has 1 aromatic carbocycles. The number of rotatable bonds is 2. The standard InChI is InChI=1S/C14H15N3O2/c18-9-10-4-3-7-17(10)14(19)13-8-15-11-5-1-2-6-12(11)16-13/h1-2,5-6,8,10,18H,3-4,7,9H2/t10-/m1/s1. The molecular formula is C14H15N3O2.